The van der Waals surface area contributed by atoms with Crippen molar-refractivity contribution in [3.05, 3.63) is 34.9 Å². The molecule has 0 saturated carbocycles. The molecule has 0 saturated heterocycles. The van der Waals surface area contributed by atoms with Gasteiger partial charge in [0.1, 0.15) is 0 Å². The predicted molar refractivity (Wildman–Crippen MR) is 90.1 cm³/mol. The SMILES string of the molecule is CCN(CCCN(C)C)C(C)C(=O)c1ccc(C)c(C)c1. The first-order valence-electron chi connectivity index (χ1n) is 7.87. The summed E-state index contributed by atoms with van der Waals surface area (Å²) in [5.74, 6) is 0.227. The number of aryl methyl sites for hydroxylation is 2. The van der Waals surface area contributed by atoms with E-state index in [1.165, 1.54) is 11.1 Å². The van der Waals surface area contributed by atoms with E-state index in [1.54, 1.807) is 0 Å². The third-order valence-corrected chi connectivity index (χ3v) is 4.18. The maximum atomic E-state index is 12.7. The predicted octanol–water partition coefficient (Wildman–Crippen LogP) is 3.15. The molecule has 0 aromatic heterocycles. The minimum Gasteiger partial charge on any atom is -0.309 e. The van der Waals surface area contributed by atoms with E-state index >= 15 is 0 Å². The van der Waals surface area contributed by atoms with Gasteiger partial charge in [-0.2, -0.15) is 0 Å². The number of nitrogens with zero attached hydrogens (tertiary/aromatic N) is 2. The van der Waals surface area contributed by atoms with E-state index in [0.29, 0.717) is 0 Å². The van der Waals surface area contributed by atoms with Crippen LogP contribution in [0.25, 0.3) is 0 Å². The third kappa shape index (κ3) is 5.25. The van der Waals surface area contributed by atoms with E-state index in [0.717, 1.165) is 31.6 Å². The fourth-order valence-corrected chi connectivity index (χ4v) is 2.52. The highest BCUT2D eigenvalue weighted by Crippen LogP contribution is 2.14. The summed E-state index contributed by atoms with van der Waals surface area (Å²) in [4.78, 5) is 17.1. The quantitative estimate of drug-likeness (QED) is 0.687. The van der Waals surface area contributed by atoms with Crippen LogP contribution >= 0.6 is 0 Å². The molecule has 118 valence electrons. The molecule has 0 fully saturated rings. The van der Waals surface area contributed by atoms with Crippen molar-refractivity contribution in [2.24, 2.45) is 0 Å². The van der Waals surface area contributed by atoms with Gasteiger partial charge >= 0.3 is 0 Å². The van der Waals surface area contributed by atoms with E-state index in [2.05, 4.69) is 44.7 Å². The molecular weight excluding hydrogens is 260 g/mol. The van der Waals surface area contributed by atoms with Gasteiger partial charge in [-0.25, -0.2) is 0 Å². The highest BCUT2D eigenvalue weighted by atomic mass is 16.1. The second-order valence-electron chi connectivity index (χ2n) is 6.12. The Morgan fingerprint density at radius 1 is 1.14 bits per heavy atom. The van der Waals surface area contributed by atoms with Crippen LogP contribution in [0.15, 0.2) is 18.2 Å². The van der Waals surface area contributed by atoms with Crippen LogP contribution in [0.2, 0.25) is 0 Å². The van der Waals surface area contributed by atoms with Gasteiger partial charge in [-0.1, -0.05) is 19.1 Å². The van der Waals surface area contributed by atoms with Crippen molar-refractivity contribution in [1.82, 2.24) is 9.80 Å². The summed E-state index contributed by atoms with van der Waals surface area (Å²) in [6, 6.07) is 5.95. The van der Waals surface area contributed by atoms with Gasteiger partial charge in [0.25, 0.3) is 0 Å². The lowest BCUT2D eigenvalue weighted by Gasteiger charge is -2.27. The highest BCUT2D eigenvalue weighted by molar-refractivity contribution is 6.00. The van der Waals surface area contributed by atoms with Crippen molar-refractivity contribution < 1.29 is 4.79 Å². The van der Waals surface area contributed by atoms with Crippen LogP contribution < -0.4 is 0 Å². The number of benzene rings is 1. The summed E-state index contributed by atoms with van der Waals surface area (Å²) in [5, 5.41) is 0. The number of ketones is 1. The van der Waals surface area contributed by atoms with Crippen LogP contribution in [0.1, 0.15) is 41.8 Å². The molecule has 0 heterocycles. The van der Waals surface area contributed by atoms with Crippen molar-refractivity contribution in [2.45, 2.75) is 40.2 Å². The van der Waals surface area contributed by atoms with Gasteiger partial charge in [-0.3, -0.25) is 9.69 Å². The van der Waals surface area contributed by atoms with E-state index in [1.807, 2.05) is 25.1 Å². The number of carbonyl (C=O) groups excluding carboxylic acids is 1. The van der Waals surface area contributed by atoms with Crippen LogP contribution in [0.5, 0.6) is 0 Å². The summed E-state index contributed by atoms with van der Waals surface area (Å²) in [6.07, 6.45) is 1.09. The van der Waals surface area contributed by atoms with E-state index in [9.17, 15) is 4.79 Å². The Balaban J connectivity index is 2.71. The minimum atomic E-state index is -0.0562. The van der Waals surface area contributed by atoms with Crippen molar-refractivity contribution in [2.75, 3.05) is 33.7 Å². The first kappa shape index (κ1) is 17.9. The summed E-state index contributed by atoms with van der Waals surface area (Å²) in [6.45, 7) is 11.2. The van der Waals surface area contributed by atoms with E-state index in [-0.39, 0.29) is 11.8 Å². The van der Waals surface area contributed by atoms with Crippen LogP contribution in [-0.4, -0.2) is 55.4 Å². The number of hydrogen-bond donors (Lipinski definition) is 0. The first-order valence-corrected chi connectivity index (χ1v) is 7.87. The van der Waals surface area contributed by atoms with Gasteiger partial charge in [0.15, 0.2) is 5.78 Å². The zero-order chi connectivity index (χ0) is 16.0. The average molecular weight is 290 g/mol. The maximum absolute atomic E-state index is 12.7. The monoisotopic (exact) mass is 290 g/mol. The largest absolute Gasteiger partial charge is 0.309 e. The number of likely N-dealkylation sites (N-methyl/N-ethyl adjacent to an activating group) is 1. The Morgan fingerprint density at radius 2 is 1.81 bits per heavy atom. The van der Waals surface area contributed by atoms with Crippen LogP contribution in [0.3, 0.4) is 0 Å². The fraction of sp³-hybridized carbons (Fsp3) is 0.611. The third-order valence-electron chi connectivity index (χ3n) is 4.18. The van der Waals surface area contributed by atoms with Gasteiger partial charge in [0.2, 0.25) is 0 Å². The molecule has 0 bridgehead atoms. The number of rotatable bonds is 8. The number of Topliss-reactive ketones (excluding diaryl/α,β-unsaturated/α-hetero) is 1. The Hall–Kier alpha value is -1.19. The molecule has 1 atom stereocenters. The number of carbonyl (C=O) groups is 1. The normalized spacial score (nSPS) is 13.0. The number of hydrogen-bond acceptors (Lipinski definition) is 3. The van der Waals surface area contributed by atoms with E-state index in [4.69, 9.17) is 0 Å². The lowest BCUT2D eigenvalue weighted by Crippen LogP contribution is -2.40. The second kappa shape index (κ2) is 8.30. The topological polar surface area (TPSA) is 23.6 Å². The van der Waals surface area contributed by atoms with Crippen molar-refractivity contribution in [1.29, 1.82) is 0 Å². The van der Waals surface area contributed by atoms with Crippen molar-refractivity contribution >= 4 is 5.78 Å². The summed E-state index contributed by atoms with van der Waals surface area (Å²) < 4.78 is 0. The van der Waals surface area contributed by atoms with Crippen LogP contribution in [-0.2, 0) is 0 Å². The van der Waals surface area contributed by atoms with Gasteiger partial charge < -0.3 is 4.90 Å². The molecule has 0 aliphatic rings. The average Bonchev–Trinajstić information content (AvgIpc) is 2.44. The molecule has 0 amide bonds. The van der Waals surface area contributed by atoms with Crippen molar-refractivity contribution in [3.8, 4) is 0 Å². The molecule has 0 N–H and O–H groups in total. The molecule has 0 aliphatic heterocycles. The molecular formula is C18H30N2O. The molecule has 1 aromatic carbocycles. The Labute approximate surface area is 129 Å². The molecule has 1 rings (SSSR count). The fourth-order valence-electron chi connectivity index (χ4n) is 2.52. The molecule has 3 nitrogen and oxygen atoms in total. The molecule has 1 unspecified atom stereocenters. The minimum absolute atomic E-state index is 0.0562. The Morgan fingerprint density at radius 3 is 2.33 bits per heavy atom. The first-order chi connectivity index (χ1) is 9.86. The summed E-state index contributed by atoms with van der Waals surface area (Å²) >= 11 is 0. The molecule has 0 aliphatic carbocycles. The van der Waals surface area contributed by atoms with Gasteiger partial charge in [-0.05, 0) is 71.6 Å². The molecule has 21 heavy (non-hydrogen) atoms. The van der Waals surface area contributed by atoms with Crippen LogP contribution in [0, 0.1) is 13.8 Å². The second-order valence-corrected chi connectivity index (χ2v) is 6.12. The molecule has 3 heteroatoms. The highest BCUT2D eigenvalue weighted by Gasteiger charge is 2.21. The van der Waals surface area contributed by atoms with E-state index < -0.39 is 0 Å². The maximum Gasteiger partial charge on any atom is 0.179 e. The Bertz CT molecular complexity index is 468. The molecule has 0 spiro atoms. The zero-order valence-corrected chi connectivity index (χ0v) is 14.4. The Kier molecular flexibility index (Phi) is 7.06. The zero-order valence-electron chi connectivity index (χ0n) is 14.4. The van der Waals surface area contributed by atoms with Gasteiger partial charge in [-0.15, -0.1) is 0 Å². The van der Waals surface area contributed by atoms with Crippen molar-refractivity contribution in [3.63, 3.8) is 0 Å². The molecule has 1 aromatic rings. The molecule has 0 radical (unpaired) electrons. The smallest absolute Gasteiger partial charge is 0.179 e. The van der Waals surface area contributed by atoms with Gasteiger partial charge in [0.05, 0.1) is 6.04 Å². The summed E-state index contributed by atoms with van der Waals surface area (Å²) in [5.41, 5.74) is 3.25. The van der Waals surface area contributed by atoms with Crippen LogP contribution in [0.4, 0.5) is 0 Å². The summed E-state index contributed by atoms with van der Waals surface area (Å²) in [7, 11) is 4.17. The standard InChI is InChI=1S/C18H30N2O/c1-7-20(12-8-11-19(5)6)16(4)18(21)17-10-9-14(2)15(3)13-17/h9-10,13,16H,7-8,11-12H2,1-6H3. The van der Waals surface area contributed by atoms with Gasteiger partial charge in [0, 0.05) is 12.1 Å². The lowest BCUT2D eigenvalue weighted by molar-refractivity contribution is 0.0840. The lowest BCUT2D eigenvalue weighted by atomic mass is 9.99.